The standard InChI is InChI=1S/C22H24N4O2S/c1-22(2)16(11-23)20(28)25-21(17(22)12-24)29-13-19(27)26(3)18-10-6-8-14-7-4-5-9-15(14)18/h4-5,7,9,16,18H,6,8,10,13H2,1-3H3,(H,25,28)/t16-,18-/m1/s1. The highest BCUT2D eigenvalue weighted by atomic mass is 32.2. The predicted molar refractivity (Wildman–Crippen MR) is 111 cm³/mol. The number of rotatable bonds is 4. The van der Waals surface area contributed by atoms with Gasteiger partial charge in [0.2, 0.25) is 11.8 Å². The molecule has 1 N–H and O–H groups in total. The fourth-order valence-corrected chi connectivity index (χ4v) is 5.17. The van der Waals surface area contributed by atoms with Crippen LogP contribution in [0.5, 0.6) is 0 Å². The van der Waals surface area contributed by atoms with Gasteiger partial charge in [-0.25, -0.2) is 0 Å². The molecule has 7 heteroatoms. The van der Waals surface area contributed by atoms with Gasteiger partial charge >= 0.3 is 0 Å². The van der Waals surface area contributed by atoms with Crippen molar-refractivity contribution < 1.29 is 9.59 Å². The topological polar surface area (TPSA) is 97.0 Å². The first-order valence-electron chi connectivity index (χ1n) is 9.62. The van der Waals surface area contributed by atoms with Crippen LogP contribution in [0, 0.1) is 34.0 Å². The van der Waals surface area contributed by atoms with Crippen molar-refractivity contribution in [2.24, 2.45) is 11.3 Å². The van der Waals surface area contributed by atoms with E-state index in [9.17, 15) is 20.1 Å². The number of carbonyl (C=O) groups excluding carboxylic acids is 2. The highest BCUT2D eigenvalue weighted by molar-refractivity contribution is 8.03. The van der Waals surface area contributed by atoms with E-state index in [4.69, 9.17) is 0 Å². The van der Waals surface area contributed by atoms with Crippen LogP contribution in [0.15, 0.2) is 34.9 Å². The molecule has 1 aliphatic heterocycles. The smallest absolute Gasteiger partial charge is 0.243 e. The number of allylic oxidation sites excluding steroid dienone is 1. The van der Waals surface area contributed by atoms with Gasteiger partial charge in [0.05, 0.1) is 34.5 Å². The fraction of sp³-hybridized carbons (Fsp3) is 0.455. The minimum Gasteiger partial charge on any atom is -0.338 e. The Bertz CT molecular complexity index is 954. The van der Waals surface area contributed by atoms with Crippen molar-refractivity contribution in [3.8, 4) is 12.1 Å². The van der Waals surface area contributed by atoms with Gasteiger partial charge in [-0.1, -0.05) is 49.9 Å². The molecule has 2 atom stereocenters. The number of aryl methyl sites for hydroxylation is 1. The maximum Gasteiger partial charge on any atom is 0.243 e. The lowest BCUT2D eigenvalue weighted by atomic mass is 9.72. The monoisotopic (exact) mass is 408 g/mol. The van der Waals surface area contributed by atoms with Crippen LogP contribution in [-0.4, -0.2) is 29.5 Å². The first-order chi connectivity index (χ1) is 13.8. The van der Waals surface area contributed by atoms with E-state index in [1.807, 2.05) is 25.2 Å². The van der Waals surface area contributed by atoms with Gasteiger partial charge in [0.1, 0.15) is 5.92 Å². The average molecular weight is 409 g/mol. The molecule has 0 radical (unpaired) electrons. The number of hydrogen-bond acceptors (Lipinski definition) is 5. The first kappa shape index (κ1) is 21.0. The Kier molecular flexibility index (Phi) is 6.00. The van der Waals surface area contributed by atoms with Gasteiger partial charge in [-0.3, -0.25) is 9.59 Å². The second-order valence-electron chi connectivity index (χ2n) is 7.99. The lowest BCUT2D eigenvalue weighted by Gasteiger charge is -2.35. The van der Waals surface area contributed by atoms with E-state index in [0.717, 1.165) is 31.0 Å². The Morgan fingerprint density at radius 2 is 2.07 bits per heavy atom. The molecule has 1 aliphatic carbocycles. The molecule has 1 aromatic rings. The Balaban J connectivity index is 1.75. The second-order valence-corrected chi connectivity index (χ2v) is 8.97. The molecule has 3 rings (SSSR count). The van der Waals surface area contributed by atoms with Crippen LogP contribution in [-0.2, 0) is 16.0 Å². The predicted octanol–water partition coefficient (Wildman–Crippen LogP) is 3.29. The summed E-state index contributed by atoms with van der Waals surface area (Å²) >= 11 is 1.15. The number of nitriles is 2. The fourth-order valence-electron chi connectivity index (χ4n) is 4.07. The van der Waals surface area contributed by atoms with Gasteiger partial charge in [-0.05, 0) is 30.4 Å². The number of amides is 2. The van der Waals surface area contributed by atoms with Gasteiger partial charge in [0, 0.05) is 12.5 Å². The van der Waals surface area contributed by atoms with Crippen molar-refractivity contribution in [2.75, 3.05) is 12.8 Å². The molecule has 6 nitrogen and oxygen atoms in total. The summed E-state index contributed by atoms with van der Waals surface area (Å²) in [7, 11) is 1.81. The van der Waals surface area contributed by atoms with E-state index in [2.05, 4.69) is 23.5 Å². The zero-order valence-electron chi connectivity index (χ0n) is 16.9. The zero-order valence-corrected chi connectivity index (χ0v) is 17.7. The van der Waals surface area contributed by atoms with Gasteiger partial charge in [0.15, 0.2) is 0 Å². The van der Waals surface area contributed by atoms with Crippen molar-refractivity contribution in [2.45, 2.75) is 39.2 Å². The summed E-state index contributed by atoms with van der Waals surface area (Å²) in [5.41, 5.74) is 1.92. The molecule has 150 valence electrons. The van der Waals surface area contributed by atoms with Crippen LogP contribution in [0.25, 0.3) is 0 Å². The molecule has 0 unspecified atom stereocenters. The van der Waals surface area contributed by atoms with Gasteiger partial charge < -0.3 is 10.2 Å². The SMILES string of the molecule is CN(C(=O)CSC1=C(C#N)C(C)(C)[C@H](C#N)C(=O)N1)[C@@H]1CCCc2ccccc21. The van der Waals surface area contributed by atoms with Crippen LogP contribution in [0.4, 0.5) is 0 Å². The summed E-state index contributed by atoms with van der Waals surface area (Å²) < 4.78 is 0. The molecule has 0 fully saturated rings. The first-order valence-corrected chi connectivity index (χ1v) is 10.6. The molecule has 0 spiro atoms. The third-order valence-electron chi connectivity index (χ3n) is 5.87. The average Bonchev–Trinajstić information content (AvgIpc) is 2.70. The molecule has 2 aliphatic rings. The maximum atomic E-state index is 12.9. The van der Waals surface area contributed by atoms with Crippen LogP contribution >= 0.6 is 11.8 Å². The summed E-state index contributed by atoms with van der Waals surface area (Å²) in [6.07, 6.45) is 2.99. The summed E-state index contributed by atoms with van der Waals surface area (Å²) in [6, 6.07) is 12.4. The largest absolute Gasteiger partial charge is 0.338 e. The molecule has 0 bridgehead atoms. The summed E-state index contributed by atoms with van der Waals surface area (Å²) in [6.45, 7) is 3.43. The molecular weight excluding hydrogens is 384 g/mol. The second kappa shape index (κ2) is 8.31. The Labute approximate surface area is 175 Å². The van der Waals surface area contributed by atoms with Gasteiger partial charge in [0.25, 0.3) is 0 Å². The van der Waals surface area contributed by atoms with Gasteiger partial charge in [-0.15, -0.1) is 0 Å². The zero-order chi connectivity index (χ0) is 21.2. The van der Waals surface area contributed by atoms with Crippen LogP contribution < -0.4 is 5.32 Å². The van der Waals surface area contributed by atoms with Crippen molar-refractivity contribution >= 4 is 23.6 Å². The summed E-state index contributed by atoms with van der Waals surface area (Å²) in [5, 5.41) is 21.9. The Morgan fingerprint density at radius 3 is 2.76 bits per heavy atom. The number of carbonyl (C=O) groups is 2. The van der Waals surface area contributed by atoms with E-state index >= 15 is 0 Å². The minimum atomic E-state index is -0.932. The molecule has 0 saturated heterocycles. The van der Waals surface area contributed by atoms with Crippen LogP contribution in [0.1, 0.15) is 43.9 Å². The number of hydrogen-bond donors (Lipinski definition) is 1. The maximum absolute atomic E-state index is 12.9. The van der Waals surface area contributed by atoms with Crippen molar-refractivity contribution in [3.63, 3.8) is 0 Å². The van der Waals surface area contributed by atoms with E-state index in [0.29, 0.717) is 10.6 Å². The van der Waals surface area contributed by atoms with Crippen molar-refractivity contribution in [3.05, 3.63) is 46.0 Å². The minimum absolute atomic E-state index is 0.0397. The molecule has 29 heavy (non-hydrogen) atoms. The molecule has 0 aromatic heterocycles. The summed E-state index contributed by atoms with van der Waals surface area (Å²) in [5.74, 6) is -1.31. The normalized spacial score (nSPS) is 22.7. The number of thioether (sulfide) groups is 1. The molecule has 1 heterocycles. The van der Waals surface area contributed by atoms with Gasteiger partial charge in [-0.2, -0.15) is 10.5 Å². The lowest BCUT2D eigenvalue weighted by molar-refractivity contribution is -0.129. The third-order valence-corrected chi connectivity index (χ3v) is 6.86. The van der Waals surface area contributed by atoms with E-state index < -0.39 is 17.2 Å². The van der Waals surface area contributed by atoms with E-state index in [-0.39, 0.29) is 17.7 Å². The molecule has 2 amide bonds. The quantitative estimate of drug-likeness (QED) is 0.824. The highest BCUT2D eigenvalue weighted by Gasteiger charge is 2.44. The molecule has 1 aromatic carbocycles. The Morgan fingerprint density at radius 1 is 1.34 bits per heavy atom. The summed E-state index contributed by atoms with van der Waals surface area (Å²) in [4.78, 5) is 26.9. The number of nitrogens with one attached hydrogen (secondary N) is 1. The number of nitrogens with zero attached hydrogens (tertiary/aromatic N) is 3. The highest BCUT2D eigenvalue weighted by Crippen LogP contribution is 2.42. The van der Waals surface area contributed by atoms with Crippen LogP contribution in [0.3, 0.4) is 0 Å². The Hall–Kier alpha value is -2.77. The molecule has 0 saturated carbocycles. The van der Waals surface area contributed by atoms with E-state index in [1.54, 1.807) is 18.7 Å². The number of fused-ring (bicyclic) bond motifs is 1. The van der Waals surface area contributed by atoms with Crippen LogP contribution in [0.2, 0.25) is 0 Å². The number of benzene rings is 1. The third kappa shape index (κ3) is 3.88. The lowest BCUT2D eigenvalue weighted by Crippen LogP contribution is -2.44. The van der Waals surface area contributed by atoms with E-state index in [1.165, 1.54) is 11.1 Å². The van der Waals surface area contributed by atoms with Crippen molar-refractivity contribution in [1.29, 1.82) is 10.5 Å². The van der Waals surface area contributed by atoms with Crippen molar-refractivity contribution in [1.82, 2.24) is 10.2 Å². The molecular formula is C22H24N4O2S.